The topological polar surface area (TPSA) is 20.2 Å². The van der Waals surface area contributed by atoms with Gasteiger partial charge < -0.3 is 5.11 Å². The van der Waals surface area contributed by atoms with Crippen LogP contribution in [-0.4, -0.2) is 11.2 Å². The molecule has 0 amide bonds. The summed E-state index contributed by atoms with van der Waals surface area (Å²) in [6.07, 6.45) is 9.91. The van der Waals surface area contributed by atoms with Crippen molar-refractivity contribution in [2.75, 3.05) is 0 Å². The summed E-state index contributed by atoms with van der Waals surface area (Å²) < 4.78 is 0. The van der Waals surface area contributed by atoms with Crippen molar-refractivity contribution in [1.82, 2.24) is 0 Å². The Hall–Kier alpha value is -2.12. The molecule has 1 N–H and O–H groups in total. The predicted octanol–water partition coefficient (Wildman–Crippen LogP) is 7.37. The van der Waals surface area contributed by atoms with Gasteiger partial charge in [0.15, 0.2) is 0 Å². The van der Waals surface area contributed by atoms with Gasteiger partial charge in [-0.15, -0.1) is 0 Å². The van der Waals surface area contributed by atoms with Crippen LogP contribution in [0.4, 0.5) is 0 Å². The molecule has 3 atom stereocenters. The zero-order chi connectivity index (χ0) is 21.0. The zero-order valence-electron chi connectivity index (χ0n) is 18.4. The molecule has 1 saturated carbocycles. The highest BCUT2D eigenvalue weighted by Crippen LogP contribution is 2.64. The normalized spacial score (nSPS) is 25.5. The molecule has 2 aromatic rings. The molecule has 2 aliphatic rings. The molecule has 158 valence electrons. The first-order valence-electron chi connectivity index (χ1n) is 11.8. The average Bonchev–Trinajstić information content (AvgIpc) is 3.28. The fraction of sp³-hybridized carbons (Fsp3) is 0.448. The first-order chi connectivity index (χ1) is 14.7. The van der Waals surface area contributed by atoms with E-state index in [0.29, 0.717) is 0 Å². The average molecular weight is 401 g/mol. The molecular weight excluding hydrogens is 364 g/mol. The third-order valence-electron chi connectivity index (χ3n) is 7.48. The van der Waals surface area contributed by atoms with Gasteiger partial charge >= 0.3 is 0 Å². The van der Waals surface area contributed by atoms with Crippen molar-refractivity contribution in [2.24, 2.45) is 11.3 Å². The Morgan fingerprint density at radius 1 is 1.00 bits per heavy atom. The molecule has 0 heterocycles. The van der Waals surface area contributed by atoms with Crippen molar-refractivity contribution in [1.29, 1.82) is 0 Å². The summed E-state index contributed by atoms with van der Waals surface area (Å²) in [7, 11) is 0. The number of aliphatic hydroxyl groups excluding tert-OH is 1. The molecule has 0 saturated heterocycles. The van der Waals surface area contributed by atoms with Gasteiger partial charge in [0.05, 0.1) is 6.10 Å². The van der Waals surface area contributed by atoms with Gasteiger partial charge in [0.2, 0.25) is 0 Å². The van der Waals surface area contributed by atoms with Crippen LogP contribution in [0.15, 0.2) is 78.4 Å². The first kappa shape index (κ1) is 21.1. The lowest BCUT2D eigenvalue weighted by atomic mass is 9.67. The third kappa shape index (κ3) is 3.93. The predicted molar refractivity (Wildman–Crippen MR) is 127 cm³/mol. The van der Waals surface area contributed by atoms with E-state index in [1.165, 1.54) is 48.0 Å². The Balaban J connectivity index is 1.73. The maximum atomic E-state index is 11.0. The summed E-state index contributed by atoms with van der Waals surface area (Å²) in [5.74, 6) is 0.282. The van der Waals surface area contributed by atoms with E-state index in [-0.39, 0.29) is 17.4 Å². The van der Waals surface area contributed by atoms with E-state index in [2.05, 4.69) is 74.2 Å². The van der Waals surface area contributed by atoms with E-state index in [9.17, 15) is 5.11 Å². The van der Waals surface area contributed by atoms with Gasteiger partial charge in [-0.05, 0) is 55.2 Å². The van der Waals surface area contributed by atoms with Gasteiger partial charge in [0.25, 0.3) is 0 Å². The third-order valence-corrected chi connectivity index (χ3v) is 7.48. The van der Waals surface area contributed by atoms with Crippen LogP contribution < -0.4 is 0 Å². The van der Waals surface area contributed by atoms with E-state index < -0.39 is 0 Å². The molecule has 0 spiro atoms. The van der Waals surface area contributed by atoms with Crippen molar-refractivity contribution in [2.45, 2.75) is 70.8 Å². The summed E-state index contributed by atoms with van der Waals surface area (Å²) in [5.41, 5.74) is 6.95. The second-order valence-corrected chi connectivity index (χ2v) is 9.31. The smallest absolute Gasteiger partial charge is 0.0583 e. The molecule has 0 aromatic heterocycles. The van der Waals surface area contributed by atoms with Crippen LogP contribution in [0.5, 0.6) is 0 Å². The van der Waals surface area contributed by atoms with Crippen LogP contribution in [0.2, 0.25) is 0 Å². The maximum absolute atomic E-state index is 11.0. The number of hydrogen-bond acceptors (Lipinski definition) is 1. The van der Waals surface area contributed by atoms with Crippen molar-refractivity contribution in [3.05, 3.63) is 89.5 Å². The maximum Gasteiger partial charge on any atom is 0.0583 e. The lowest BCUT2D eigenvalue weighted by Gasteiger charge is -2.37. The lowest BCUT2D eigenvalue weighted by molar-refractivity contribution is 0.115. The minimum absolute atomic E-state index is 0.0866. The van der Waals surface area contributed by atoms with Crippen molar-refractivity contribution < 1.29 is 5.11 Å². The van der Waals surface area contributed by atoms with Crippen LogP contribution in [0.3, 0.4) is 0 Å². The Kier molecular flexibility index (Phi) is 6.58. The molecule has 1 nitrogen and oxygen atoms in total. The van der Waals surface area contributed by atoms with E-state index in [0.717, 1.165) is 32.1 Å². The first-order valence-corrected chi connectivity index (χ1v) is 11.8. The van der Waals surface area contributed by atoms with Crippen LogP contribution in [0.1, 0.15) is 69.4 Å². The molecule has 1 fully saturated rings. The van der Waals surface area contributed by atoms with Crippen molar-refractivity contribution in [3.8, 4) is 0 Å². The number of hydrogen-bond donors (Lipinski definition) is 1. The zero-order valence-corrected chi connectivity index (χ0v) is 18.4. The van der Waals surface area contributed by atoms with Gasteiger partial charge in [0, 0.05) is 11.3 Å². The van der Waals surface area contributed by atoms with Gasteiger partial charge in [0.1, 0.15) is 0 Å². The quantitative estimate of drug-likeness (QED) is 0.344. The molecule has 0 aliphatic heterocycles. The number of aliphatic hydroxyl groups is 1. The minimum Gasteiger partial charge on any atom is -0.393 e. The molecule has 0 radical (unpaired) electrons. The minimum atomic E-state index is -0.218. The standard InChI is InChI=1S/C29H36O/c1-3-4-5-10-17-25-21-26-27(30)18-19-29(26,28(25)24-15-11-7-12-16-24)22(2)20-23-13-8-6-9-14-23/h6-9,11-16,26-27,30H,2-5,10,17-21H2,1H3. The molecule has 3 unspecified atom stereocenters. The highest BCUT2D eigenvalue weighted by atomic mass is 16.3. The fourth-order valence-corrected chi connectivity index (χ4v) is 6.07. The van der Waals surface area contributed by atoms with Crippen molar-refractivity contribution >= 4 is 5.57 Å². The molecule has 0 bridgehead atoms. The fourth-order valence-electron chi connectivity index (χ4n) is 6.07. The molecule has 2 aliphatic carbocycles. The van der Waals surface area contributed by atoms with Gasteiger partial charge in [-0.3, -0.25) is 0 Å². The molecule has 2 aromatic carbocycles. The van der Waals surface area contributed by atoms with E-state index in [1.807, 2.05) is 0 Å². The Morgan fingerprint density at radius 2 is 1.70 bits per heavy atom. The Morgan fingerprint density at radius 3 is 2.40 bits per heavy atom. The van der Waals surface area contributed by atoms with E-state index in [4.69, 9.17) is 0 Å². The summed E-state index contributed by atoms with van der Waals surface area (Å²) in [6.45, 7) is 6.95. The molecular formula is C29H36O. The number of fused-ring (bicyclic) bond motifs is 1. The second-order valence-electron chi connectivity index (χ2n) is 9.31. The summed E-state index contributed by atoms with van der Waals surface area (Å²) in [6, 6.07) is 21.7. The summed E-state index contributed by atoms with van der Waals surface area (Å²) >= 11 is 0. The SMILES string of the molecule is C=C(Cc1ccccc1)C12CCC(O)C1CC(CCCCCC)=C2c1ccccc1. The number of unbranched alkanes of at least 4 members (excludes halogenated alkanes) is 3. The van der Waals surface area contributed by atoms with Crippen LogP contribution in [0, 0.1) is 11.3 Å². The van der Waals surface area contributed by atoms with Crippen LogP contribution in [0.25, 0.3) is 5.57 Å². The highest BCUT2D eigenvalue weighted by molar-refractivity contribution is 5.79. The van der Waals surface area contributed by atoms with Gasteiger partial charge in [-0.1, -0.05) is 105 Å². The van der Waals surface area contributed by atoms with E-state index >= 15 is 0 Å². The van der Waals surface area contributed by atoms with E-state index in [1.54, 1.807) is 5.57 Å². The second kappa shape index (κ2) is 9.35. The molecule has 1 heteroatoms. The van der Waals surface area contributed by atoms with Crippen LogP contribution >= 0.6 is 0 Å². The van der Waals surface area contributed by atoms with Gasteiger partial charge in [-0.25, -0.2) is 0 Å². The number of allylic oxidation sites excluding steroid dienone is 3. The molecule has 30 heavy (non-hydrogen) atoms. The lowest BCUT2D eigenvalue weighted by Crippen LogP contribution is -2.30. The summed E-state index contributed by atoms with van der Waals surface area (Å²) in [4.78, 5) is 0. The number of rotatable bonds is 9. The summed E-state index contributed by atoms with van der Waals surface area (Å²) in [5, 5.41) is 11.0. The Labute approximate surface area is 182 Å². The van der Waals surface area contributed by atoms with Crippen molar-refractivity contribution in [3.63, 3.8) is 0 Å². The largest absolute Gasteiger partial charge is 0.393 e. The van der Waals surface area contributed by atoms with Crippen LogP contribution in [-0.2, 0) is 6.42 Å². The molecule has 4 rings (SSSR count). The number of benzene rings is 2. The highest BCUT2D eigenvalue weighted by Gasteiger charge is 2.56. The van der Waals surface area contributed by atoms with Gasteiger partial charge in [-0.2, -0.15) is 0 Å². The monoisotopic (exact) mass is 400 g/mol. The Bertz CT molecular complexity index is 879.